The first-order valence-electron chi connectivity index (χ1n) is 5.73. The second-order valence-corrected chi connectivity index (χ2v) is 3.83. The molecule has 0 spiro atoms. The van der Waals surface area contributed by atoms with Gasteiger partial charge in [-0.05, 0) is 47.9 Å². The summed E-state index contributed by atoms with van der Waals surface area (Å²) in [6.07, 6.45) is 0.993. The molecule has 0 saturated heterocycles. The summed E-state index contributed by atoms with van der Waals surface area (Å²) in [6.45, 7) is 2.80. The SMILES string of the molecule is CCCOc1cc[c]c(-c2ccc(O)cc2)c1. The lowest BCUT2D eigenvalue weighted by atomic mass is 10.1. The van der Waals surface area contributed by atoms with Gasteiger partial charge in [-0.3, -0.25) is 0 Å². The summed E-state index contributed by atoms with van der Waals surface area (Å²) in [7, 11) is 0. The standard InChI is InChI=1S/C15H15O2/c1-2-10-17-15-5-3-4-13(11-15)12-6-8-14(16)9-7-12/h3,5-9,11,16H,2,10H2,1H3. The third-order valence-corrected chi connectivity index (χ3v) is 2.42. The van der Waals surface area contributed by atoms with E-state index < -0.39 is 0 Å². The quantitative estimate of drug-likeness (QED) is 0.863. The predicted octanol–water partition coefficient (Wildman–Crippen LogP) is 3.65. The second-order valence-electron chi connectivity index (χ2n) is 3.83. The second kappa shape index (κ2) is 5.39. The third kappa shape index (κ3) is 3.00. The maximum atomic E-state index is 9.24. The van der Waals surface area contributed by atoms with E-state index in [1.165, 1.54) is 0 Å². The van der Waals surface area contributed by atoms with Crippen molar-refractivity contribution >= 4 is 0 Å². The largest absolute Gasteiger partial charge is 0.508 e. The summed E-state index contributed by atoms with van der Waals surface area (Å²) in [5.74, 6) is 1.13. The highest BCUT2D eigenvalue weighted by atomic mass is 16.5. The Kier molecular flexibility index (Phi) is 3.66. The minimum Gasteiger partial charge on any atom is -0.508 e. The fourth-order valence-electron chi connectivity index (χ4n) is 1.56. The molecule has 2 heteroatoms. The van der Waals surface area contributed by atoms with Gasteiger partial charge in [0.05, 0.1) is 6.61 Å². The molecule has 2 nitrogen and oxygen atoms in total. The van der Waals surface area contributed by atoms with Crippen LogP contribution in [0, 0.1) is 6.07 Å². The summed E-state index contributed by atoms with van der Waals surface area (Å²) in [4.78, 5) is 0. The molecule has 0 aromatic heterocycles. The van der Waals surface area contributed by atoms with Crippen LogP contribution in [0.25, 0.3) is 11.1 Å². The van der Waals surface area contributed by atoms with E-state index in [1.54, 1.807) is 12.1 Å². The molecule has 0 aliphatic heterocycles. The Balaban J connectivity index is 2.23. The molecule has 17 heavy (non-hydrogen) atoms. The van der Waals surface area contributed by atoms with Crippen LogP contribution in [0.1, 0.15) is 13.3 Å². The van der Waals surface area contributed by atoms with Gasteiger partial charge in [-0.2, -0.15) is 0 Å². The molecule has 0 atom stereocenters. The normalized spacial score (nSPS) is 10.2. The number of phenols is 1. The number of aromatic hydroxyl groups is 1. The molecular weight excluding hydrogens is 212 g/mol. The summed E-state index contributed by atoms with van der Waals surface area (Å²) in [5, 5.41) is 9.24. The van der Waals surface area contributed by atoms with Crippen molar-refractivity contribution in [2.24, 2.45) is 0 Å². The topological polar surface area (TPSA) is 29.5 Å². The van der Waals surface area contributed by atoms with Gasteiger partial charge in [0.1, 0.15) is 11.5 Å². The Morgan fingerprint density at radius 1 is 1.18 bits per heavy atom. The molecule has 2 aromatic carbocycles. The van der Waals surface area contributed by atoms with Crippen molar-refractivity contribution in [2.45, 2.75) is 13.3 Å². The molecular formula is C15H15O2. The van der Waals surface area contributed by atoms with E-state index in [1.807, 2.05) is 30.3 Å². The Morgan fingerprint density at radius 2 is 1.94 bits per heavy atom. The lowest BCUT2D eigenvalue weighted by Crippen LogP contribution is -1.94. The third-order valence-electron chi connectivity index (χ3n) is 2.42. The molecule has 2 rings (SSSR count). The van der Waals surface area contributed by atoms with E-state index in [2.05, 4.69) is 13.0 Å². The Hall–Kier alpha value is -1.96. The number of benzene rings is 2. The summed E-state index contributed by atoms with van der Waals surface area (Å²) in [5.41, 5.74) is 1.99. The fraction of sp³-hybridized carbons (Fsp3) is 0.200. The van der Waals surface area contributed by atoms with Gasteiger partial charge in [-0.15, -0.1) is 0 Å². The van der Waals surface area contributed by atoms with Crippen molar-refractivity contribution in [3.63, 3.8) is 0 Å². The van der Waals surface area contributed by atoms with Gasteiger partial charge < -0.3 is 9.84 Å². The average molecular weight is 227 g/mol. The van der Waals surface area contributed by atoms with Crippen LogP contribution in [0.3, 0.4) is 0 Å². The minimum absolute atomic E-state index is 0.270. The van der Waals surface area contributed by atoms with Crippen LogP contribution in [0.5, 0.6) is 11.5 Å². The number of hydrogen-bond donors (Lipinski definition) is 1. The van der Waals surface area contributed by atoms with E-state index >= 15 is 0 Å². The highest BCUT2D eigenvalue weighted by molar-refractivity contribution is 5.65. The van der Waals surface area contributed by atoms with Crippen LogP contribution < -0.4 is 4.74 Å². The lowest BCUT2D eigenvalue weighted by Gasteiger charge is -2.07. The molecule has 0 amide bonds. The van der Waals surface area contributed by atoms with E-state index in [-0.39, 0.29) is 5.75 Å². The zero-order chi connectivity index (χ0) is 12.1. The summed E-state index contributed by atoms with van der Waals surface area (Å²) >= 11 is 0. The molecule has 87 valence electrons. The maximum absolute atomic E-state index is 9.24. The van der Waals surface area contributed by atoms with Crippen LogP contribution in [-0.2, 0) is 0 Å². The monoisotopic (exact) mass is 227 g/mol. The smallest absolute Gasteiger partial charge is 0.119 e. The van der Waals surface area contributed by atoms with Crippen LogP contribution in [0.15, 0.2) is 42.5 Å². The van der Waals surface area contributed by atoms with E-state index in [0.717, 1.165) is 29.9 Å². The number of ether oxygens (including phenoxy) is 1. The van der Waals surface area contributed by atoms with Gasteiger partial charge in [-0.25, -0.2) is 0 Å². The van der Waals surface area contributed by atoms with Gasteiger partial charge >= 0.3 is 0 Å². The summed E-state index contributed by atoms with van der Waals surface area (Å²) < 4.78 is 5.57. The first kappa shape index (κ1) is 11.5. The molecule has 0 aliphatic rings. The van der Waals surface area contributed by atoms with Gasteiger partial charge in [0, 0.05) is 0 Å². The predicted molar refractivity (Wildman–Crippen MR) is 68.2 cm³/mol. The van der Waals surface area contributed by atoms with Gasteiger partial charge in [0.15, 0.2) is 0 Å². The average Bonchev–Trinajstić information content (AvgIpc) is 2.37. The Labute approximate surface area is 101 Å². The number of rotatable bonds is 4. The van der Waals surface area contributed by atoms with Gasteiger partial charge in [0.2, 0.25) is 0 Å². The summed E-state index contributed by atoms with van der Waals surface area (Å²) in [6, 6.07) is 15.9. The van der Waals surface area contributed by atoms with E-state index in [9.17, 15) is 5.11 Å². The minimum atomic E-state index is 0.270. The molecule has 0 bridgehead atoms. The molecule has 0 unspecified atom stereocenters. The molecule has 2 aromatic rings. The highest BCUT2D eigenvalue weighted by Gasteiger charge is 2.00. The molecule has 0 saturated carbocycles. The fourth-order valence-corrected chi connectivity index (χ4v) is 1.56. The van der Waals surface area contributed by atoms with Gasteiger partial charge in [-0.1, -0.05) is 25.1 Å². The van der Waals surface area contributed by atoms with E-state index in [0.29, 0.717) is 0 Å². The van der Waals surface area contributed by atoms with Crippen molar-refractivity contribution in [1.82, 2.24) is 0 Å². The zero-order valence-corrected chi connectivity index (χ0v) is 9.81. The van der Waals surface area contributed by atoms with Crippen molar-refractivity contribution in [3.05, 3.63) is 48.5 Å². The van der Waals surface area contributed by atoms with Crippen molar-refractivity contribution in [3.8, 4) is 22.6 Å². The number of hydrogen-bond acceptors (Lipinski definition) is 2. The van der Waals surface area contributed by atoms with Crippen LogP contribution in [0.4, 0.5) is 0 Å². The highest BCUT2D eigenvalue weighted by Crippen LogP contribution is 2.24. The Bertz CT molecular complexity index is 475. The first-order chi connectivity index (χ1) is 8.29. The molecule has 0 fully saturated rings. The van der Waals surface area contributed by atoms with Crippen LogP contribution >= 0.6 is 0 Å². The molecule has 0 heterocycles. The van der Waals surface area contributed by atoms with E-state index in [4.69, 9.17) is 4.74 Å². The molecule has 1 N–H and O–H groups in total. The lowest BCUT2D eigenvalue weighted by molar-refractivity contribution is 0.317. The Morgan fingerprint density at radius 3 is 2.65 bits per heavy atom. The van der Waals surface area contributed by atoms with Crippen molar-refractivity contribution < 1.29 is 9.84 Å². The van der Waals surface area contributed by atoms with Crippen molar-refractivity contribution in [1.29, 1.82) is 0 Å². The number of phenolic OH excluding ortho intramolecular Hbond substituents is 1. The van der Waals surface area contributed by atoms with Gasteiger partial charge in [0.25, 0.3) is 0 Å². The van der Waals surface area contributed by atoms with Crippen LogP contribution in [-0.4, -0.2) is 11.7 Å². The van der Waals surface area contributed by atoms with Crippen LogP contribution in [0.2, 0.25) is 0 Å². The van der Waals surface area contributed by atoms with Crippen molar-refractivity contribution in [2.75, 3.05) is 6.61 Å². The maximum Gasteiger partial charge on any atom is 0.119 e. The molecule has 0 aliphatic carbocycles. The zero-order valence-electron chi connectivity index (χ0n) is 9.81. The first-order valence-corrected chi connectivity index (χ1v) is 5.73. The molecule has 1 radical (unpaired) electrons.